The molecule has 0 amide bonds. The number of nitrogens with zero attached hydrogens (tertiary/aromatic N) is 2. The van der Waals surface area contributed by atoms with Crippen molar-refractivity contribution in [3.8, 4) is 0 Å². The van der Waals surface area contributed by atoms with Crippen LogP contribution in [-0.2, 0) is 6.42 Å². The normalized spacial score (nSPS) is 10.5. The molecule has 1 aromatic carbocycles. The van der Waals surface area contributed by atoms with Crippen molar-refractivity contribution in [3.05, 3.63) is 45.3 Å². The van der Waals surface area contributed by atoms with Gasteiger partial charge in [0.05, 0.1) is 0 Å². The molecular formula is C14H15BrClN3. The van der Waals surface area contributed by atoms with Crippen molar-refractivity contribution in [3.63, 3.8) is 0 Å². The summed E-state index contributed by atoms with van der Waals surface area (Å²) in [5, 5.41) is 3.75. The molecule has 19 heavy (non-hydrogen) atoms. The zero-order chi connectivity index (χ0) is 13.8. The maximum absolute atomic E-state index is 6.02. The van der Waals surface area contributed by atoms with Crippen molar-refractivity contribution in [2.24, 2.45) is 0 Å². The Labute approximate surface area is 126 Å². The summed E-state index contributed by atoms with van der Waals surface area (Å²) in [5.74, 6) is 1.50. The SMILES string of the molecule is CCCc1nc(Cl)cc(Nc2ccc(Br)cc2C)n1. The molecule has 2 aromatic rings. The van der Waals surface area contributed by atoms with Crippen LogP contribution in [-0.4, -0.2) is 9.97 Å². The highest BCUT2D eigenvalue weighted by Crippen LogP contribution is 2.24. The van der Waals surface area contributed by atoms with Gasteiger partial charge in [-0.2, -0.15) is 0 Å². The van der Waals surface area contributed by atoms with E-state index in [1.54, 1.807) is 6.07 Å². The largest absolute Gasteiger partial charge is 0.340 e. The van der Waals surface area contributed by atoms with Gasteiger partial charge >= 0.3 is 0 Å². The van der Waals surface area contributed by atoms with Crippen LogP contribution in [0, 0.1) is 6.92 Å². The number of aryl methyl sites for hydroxylation is 2. The number of aromatic nitrogens is 2. The van der Waals surface area contributed by atoms with Crippen LogP contribution in [0.5, 0.6) is 0 Å². The molecule has 2 rings (SSSR count). The number of hydrogen-bond acceptors (Lipinski definition) is 3. The van der Waals surface area contributed by atoms with Gasteiger partial charge in [0, 0.05) is 22.6 Å². The van der Waals surface area contributed by atoms with E-state index in [1.807, 2.05) is 19.1 Å². The maximum atomic E-state index is 6.02. The van der Waals surface area contributed by atoms with Crippen molar-refractivity contribution >= 4 is 39.0 Å². The topological polar surface area (TPSA) is 37.8 Å². The van der Waals surface area contributed by atoms with Gasteiger partial charge < -0.3 is 5.32 Å². The second-order valence-electron chi connectivity index (χ2n) is 4.33. The van der Waals surface area contributed by atoms with Gasteiger partial charge in [0.2, 0.25) is 0 Å². The van der Waals surface area contributed by atoms with Gasteiger partial charge in [0.25, 0.3) is 0 Å². The molecule has 3 nitrogen and oxygen atoms in total. The molecule has 0 bridgehead atoms. The lowest BCUT2D eigenvalue weighted by molar-refractivity contribution is 0.837. The van der Waals surface area contributed by atoms with E-state index in [-0.39, 0.29) is 0 Å². The Morgan fingerprint density at radius 1 is 1.26 bits per heavy atom. The quantitative estimate of drug-likeness (QED) is 0.805. The molecule has 0 aliphatic carbocycles. The standard InChI is InChI=1S/C14H15BrClN3/c1-3-4-13-18-12(16)8-14(19-13)17-11-6-5-10(15)7-9(11)2/h5-8H,3-4H2,1-2H3,(H,17,18,19). The summed E-state index contributed by atoms with van der Waals surface area (Å²) >= 11 is 9.47. The maximum Gasteiger partial charge on any atom is 0.135 e. The van der Waals surface area contributed by atoms with Crippen molar-refractivity contribution in [1.29, 1.82) is 0 Å². The lowest BCUT2D eigenvalue weighted by Gasteiger charge is -2.10. The van der Waals surface area contributed by atoms with Crippen molar-refractivity contribution < 1.29 is 0 Å². The van der Waals surface area contributed by atoms with E-state index in [4.69, 9.17) is 11.6 Å². The van der Waals surface area contributed by atoms with E-state index in [0.717, 1.165) is 40.2 Å². The number of nitrogens with one attached hydrogen (secondary N) is 1. The van der Waals surface area contributed by atoms with Crippen LogP contribution in [0.3, 0.4) is 0 Å². The number of anilines is 2. The Bertz CT molecular complexity index is 587. The first-order valence-electron chi connectivity index (χ1n) is 6.15. The first-order valence-corrected chi connectivity index (χ1v) is 7.32. The van der Waals surface area contributed by atoms with Crippen LogP contribution < -0.4 is 5.32 Å². The number of halogens is 2. The van der Waals surface area contributed by atoms with Gasteiger partial charge in [0.1, 0.15) is 16.8 Å². The fourth-order valence-electron chi connectivity index (χ4n) is 1.77. The number of benzene rings is 1. The molecule has 0 aliphatic heterocycles. The first kappa shape index (κ1) is 14.3. The molecule has 1 aromatic heterocycles. The van der Waals surface area contributed by atoms with Gasteiger partial charge in [-0.15, -0.1) is 0 Å². The Kier molecular flexibility index (Phi) is 4.77. The predicted molar refractivity (Wildman–Crippen MR) is 83.2 cm³/mol. The summed E-state index contributed by atoms with van der Waals surface area (Å²) in [5.41, 5.74) is 2.15. The second-order valence-corrected chi connectivity index (χ2v) is 5.63. The molecule has 1 heterocycles. The highest BCUT2D eigenvalue weighted by atomic mass is 79.9. The molecule has 0 fully saturated rings. The Balaban J connectivity index is 2.27. The van der Waals surface area contributed by atoms with E-state index < -0.39 is 0 Å². The summed E-state index contributed by atoms with van der Waals surface area (Å²) in [6, 6.07) is 7.79. The van der Waals surface area contributed by atoms with Crippen molar-refractivity contribution in [1.82, 2.24) is 9.97 Å². The van der Waals surface area contributed by atoms with Crippen LogP contribution in [0.15, 0.2) is 28.7 Å². The molecule has 0 aliphatic rings. The average Bonchev–Trinajstić information content (AvgIpc) is 2.32. The average molecular weight is 341 g/mol. The Morgan fingerprint density at radius 3 is 2.74 bits per heavy atom. The van der Waals surface area contributed by atoms with Crippen molar-refractivity contribution in [2.45, 2.75) is 26.7 Å². The predicted octanol–water partition coefficient (Wildman–Crippen LogP) is 4.90. The van der Waals surface area contributed by atoms with E-state index in [0.29, 0.717) is 5.15 Å². The first-order chi connectivity index (χ1) is 9.08. The summed E-state index contributed by atoms with van der Waals surface area (Å²) in [6.07, 6.45) is 1.83. The van der Waals surface area contributed by atoms with Gasteiger partial charge in [-0.3, -0.25) is 0 Å². The Morgan fingerprint density at radius 2 is 2.05 bits per heavy atom. The molecule has 0 saturated heterocycles. The van der Waals surface area contributed by atoms with Gasteiger partial charge in [0.15, 0.2) is 0 Å². The molecule has 1 N–H and O–H groups in total. The highest BCUT2D eigenvalue weighted by molar-refractivity contribution is 9.10. The molecule has 0 saturated carbocycles. The summed E-state index contributed by atoms with van der Waals surface area (Å²) in [7, 11) is 0. The fourth-order valence-corrected chi connectivity index (χ4v) is 2.45. The molecule has 100 valence electrons. The molecule has 0 unspecified atom stereocenters. The number of rotatable bonds is 4. The molecule has 0 atom stereocenters. The van der Waals surface area contributed by atoms with Crippen LogP contribution in [0.1, 0.15) is 24.7 Å². The van der Waals surface area contributed by atoms with Crippen LogP contribution >= 0.6 is 27.5 Å². The minimum absolute atomic E-state index is 0.468. The van der Waals surface area contributed by atoms with E-state index in [2.05, 4.69) is 44.2 Å². The molecule has 0 radical (unpaired) electrons. The van der Waals surface area contributed by atoms with E-state index in [9.17, 15) is 0 Å². The summed E-state index contributed by atoms with van der Waals surface area (Å²) < 4.78 is 1.06. The third-order valence-electron chi connectivity index (χ3n) is 2.67. The van der Waals surface area contributed by atoms with Crippen molar-refractivity contribution in [2.75, 3.05) is 5.32 Å². The zero-order valence-corrected chi connectivity index (χ0v) is 13.2. The molecule has 5 heteroatoms. The van der Waals surface area contributed by atoms with E-state index in [1.165, 1.54) is 0 Å². The minimum Gasteiger partial charge on any atom is -0.340 e. The van der Waals surface area contributed by atoms with Crippen LogP contribution in [0.25, 0.3) is 0 Å². The third-order valence-corrected chi connectivity index (χ3v) is 3.35. The third kappa shape index (κ3) is 3.91. The minimum atomic E-state index is 0.468. The molecular weight excluding hydrogens is 326 g/mol. The summed E-state index contributed by atoms with van der Waals surface area (Å²) in [6.45, 7) is 4.14. The lowest BCUT2D eigenvalue weighted by Crippen LogP contribution is -2.01. The smallest absolute Gasteiger partial charge is 0.135 e. The van der Waals surface area contributed by atoms with Crippen LogP contribution in [0.4, 0.5) is 11.5 Å². The second kappa shape index (κ2) is 6.35. The monoisotopic (exact) mass is 339 g/mol. The van der Waals surface area contributed by atoms with E-state index >= 15 is 0 Å². The van der Waals surface area contributed by atoms with Gasteiger partial charge in [-0.1, -0.05) is 34.5 Å². The van der Waals surface area contributed by atoms with Gasteiger partial charge in [-0.25, -0.2) is 9.97 Å². The van der Waals surface area contributed by atoms with Crippen LogP contribution in [0.2, 0.25) is 5.15 Å². The number of hydrogen-bond donors (Lipinski definition) is 1. The van der Waals surface area contributed by atoms with Gasteiger partial charge in [-0.05, 0) is 37.1 Å². The Hall–Kier alpha value is -1.13. The fraction of sp³-hybridized carbons (Fsp3) is 0.286. The zero-order valence-electron chi connectivity index (χ0n) is 10.9. The lowest BCUT2D eigenvalue weighted by atomic mass is 10.2. The summed E-state index contributed by atoms with van der Waals surface area (Å²) in [4.78, 5) is 8.67. The molecule has 0 spiro atoms. The highest BCUT2D eigenvalue weighted by Gasteiger charge is 2.05.